The fourth-order valence-corrected chi connectivity index (χ4v) is 3.70. The zero-order valence-electron chi connectivity index (χ0n) is 11.7. The molecule has 4 heteroatoms. The van der Waals surface area contributed by atoms with Gasteiger partial charge in [-0.15, -0.1) is 0 Å². The molecule has 1 saturated heterocycles. The van der Waals surface area contributed by atoms with Gasteiger partial charge in [-0.05, 0) is 12.3 Å². The molecule has 1 aliphatic rings. The first-order chi connectivity index (χ1) is 8.67. The van der Waals surface area contributed by atoms with E-state index in [9.17, 15) is 4.79 Å². The summed E-state index contributed by atoms with van der Waals surface area (Å²) >= 11 is 1.90. The van der Waals surface area contributed by atoms with Gasteiger partial charge in [-0.3, -0.25) is 9.69 Å². The summed E-state index contributed by atoms with van der Waals surface area (Å²) < 4.78 is 0. The molecule has 0 amide bonds. The summed E-state index contributed by atoms with van der Waals surface area (Å²) in [4.78, 5) is 13.3. The number of unbranched alkanes of at least 4 members (excludes halogenated alkanes) is 1. The zero-order valence-corrected chi connectivity index (χ0v) is 12.5. The third-order valence-electron chi connectivity index (χ3n) is 3.80. The molecule has 0 aromatic heterocycles. The molecule has 1 N–H and O–H groups in total. The van der Waals surface area contributed by atoms with Gasteiger partial charge in [0.15, 0.2) is 0 Å². The molecule has 0 aromatic carbocycles. The molecule has 2 atom stereocenters. The Labute approximate surface area is 115 Å². The van der Waals surface area contributed by atoms with Gasteiger partial charge in [0.2, 0.25) is 0 Å². The number of carbonyl (C=O) groups is 1. The van der Waals surface area contributed by atoms with Crippen molar-refractivity contribution < 1.29 is 9.90 Å². The monoisotopic (exact) mass is 273 g/mol. The van der Waals surface area contributed by atoms with Gasteiger partial charge in [0.25, 0.3) is 0 Å². The maximum Gasteiger partial charge on any atom is 0.304 e. The summed E-state index contributed by atoms with van der Waals surface area (Å²) in [5.74, 6) is 2.22. The molecule has 0 aromatic rings. The van der Waals surface area contributed by atoms with E-state index in [1.54, 1.807) is 0 Å². The molecule has 1 fully saturated rings. The van der Waals surface area contributed by atoms with Crippen molar-refractivity contribution in [2.75, 3.05) is 24.6 Å². The van der Waals surface area contributed by atoms with Crippen molar-refractivity contribution in [3.05, 3.63) is 0 Å². The van der Waals surface area contributed by atoms with Crippen LogP contribution in [-0.4, -0.2) is 46.6 Å². The number of carboxylic acid groups (broad SMARTS) is 1. The first-order valence-corrected chi connectivity index (χ1v) is 8.36. The number of carboxylic acids is 1. The number of hydrogen-bond donors (Lipinski definition) is 1. The fourth-order valence-electron chi connectivity index (χ4n) is 2.57. The molecule has 1 heterocycles. The lowest BCUT2D eigenvalue weighted by Gasteiger charge is -2.36. The predicted octanol–water partition coefficient (Wildman–Crippen LogP) is 3.09. The van der Waals surface area contributed by atoms with Crippen molar-refractivity contribution in [2.45, 2.75) is 52.0 Å². The van der Waals surface area contributed by atoms with E-state index in [1.165, 1.54) is 25.7 Å². The summed E-state index contributed by atoms with van der Waals surface area (Å²) in [7, 11) is 0. The van der Waals surface area contributed by atoms with Crippen LogP contribution < -0.4 is 0 Å². The van der Waals surface area contributed by atoms with Crippen LogP contribution >= 0.6 is 11.8 Å². The van der Waals surface area contributed by atoms with Crippen LogP contribution in [-0.2, 0) is 4.79 Å². The number of hydrogen-bond acceptors (Lipinski definition) is 3. The van der Waals surface area contributed by atoms with Gasteiger partial charge in [0.05, 0.1) is 6.42 Å². The highest BCUT2D eigenvalue weighted by atomic mass is 32.2. The second kappa shape index (κ2) is 8.81. The van der Waals surface area contributed by atoms with Crippen LogP contribution in [0.5, 0.6) is 0 Å². The van der Waals surface area contributed by atoms with Crippen molar-refractivity contribution >= 4 is 17.7 Å². The van der Waals surface area contributed by atoms with E-state index in [0.29, 0.717) is 6.42 Å². The Morgan fingerprint density at radius 3 is 2.89 bits per heavy atom. The van der Waals surface area contributed by atoms with Gasteiger partial charge in [-0.2, -0.15) is 11.8 Å². The molecule has 0 bridgehead atoms. The van der Waals surface area contributed by atoms with Crippen molar-refractivity contribution in [2.24, 2.45) is 5.92 Å². The molecule has 0 radical (unpaired) electrons. The predicted molar refractivity (Wildman–Crippen MR) is 78.2 cm³/mol. The minimum atomic E-state index is -0.658. The highest BCUT2D eigenvalue weighted by molar-refractivity contribution is 7.99. The number of rotatable bonds is 8. The first-order valence-electron chi connectivity index (χ1n) is 7.20. The summed E-state index contributed by atoms with van der Waals surface area (Å²) in [5, 5.41) is 8.98. The van der Waals surface area contributed by atoms with E-state index in [1.807, 2.05) is 11.8 Å². The van der Waals surface area contributed by atoms with Crippen LogP contribution in [0.15, 0.2) is 0 Å². The van der Waals surface area contributed by atoms with Crippen molar-refractivity contribution in [1.82, 2.24) is 4.90 Å². The third-order valence-corrected chi connectivity index (χ3v) is 4.89. The maximum atomic E-state index is 10.9. The molecular formula is C14H27NO2S. The van der Waals surface area contributed by atoms with Crippen LogP contribution in [0.4, 0.5) is 0 Å². The number of nitrogens with zero attached hydrogens (tertiary/aromatic N) is 1. The van der Waals surface area contributed by atoms with Gasteiger partial charge in [0.1, 0.15) is 0 Å². The van der Waals surface area contributed by atoms with Gasteiger partial charge in [-0.25, -0.2) is 0 Å². The van der Waals surface area contributed by atoms with E-state index in [2.05, 4.69) is 18.7 Å². The van der Waals surface area contributed by atoms with E-state index < -0.39 is 5.97 Å². The maximum absolute atomic E-state index is 10.9. The Morgan fingerprint density at radius 1 is 1.50 bits per heavy atom. The molecular weight excluding hydrogens is 246 g/mol. The van der Waals surface area contributed by atoms with Crippen LogP contribution in [0.3, 0.4) is 0 Å². The standard InChI is InChI=1S/C14H27NO2S/c1-3-5-6-12(4-2)10-15-7-8-18-11-13(15)9-14(16)17/h12-13H,3-11H2,1-2H3,(H,16,17). The molecule has 1 aliphatic heterocycles. The second-order valence-electron chi connectivity index (χ2n) is 5.24. The Morgan fingerprint density at radius 2 is 2.28 bits per heavy atom. The van der Waals surface area contributed by atoms with Crippen molar-refractivity contribution in [3.63, 3.8) is 0 Å². The lowest BCUT2D eigenvalue weighted by atomic mass is 9.97. The number of thioether (sulfide) groups is 1. The average molecular weight is 273 g/mol. The fraction of sp³-hybridized carbons (Fsp3) is 0.929. The Bertz CT molecular complexity index is 248. The molecule has 0 aliphatic carbocycles. The summed E-state index contributed by atoms with van der Waals surface area (Å²) in [6.07, 6.45) is 5.35. The normalized spacial score (nSPS) is 22.9. The quantitative estimate of drug-likeness (QED) is 0.738. The van der Waals surface area contributed by atoms with Gasteiger partial charge >= 0.3 is 5.97 Å². The Hall–Kier alpha value is -0.220. The molecule has 18 heavy (non-hydrogen) atoms. The highest BCUT2D eigenvalue weighted by Crippen LogP contribution is 2.23. The van der Waals surface area contributed by atoms with Gasteiger partial charge in [0, 0.05) is 30.6 Å². The van der Waals surface area contributed by atoms with Gasteiger partial charge < -0.3 is 5.11 Å². The second-order valence-corrected chi connectivity index (χ2v) is 6.39. The lowest BCUT2D eigenvalue weighted by molar-refractivity contribution is -0.138. The summed E-state index contributed by atoms with van der Waals surface area (Å²) in [6, 6.07) is 0.247. The highest BCUT2D eigenvalue weighted by Gasteiger charge is 2.26. The zero-order chi connectivity index (χ0) is 13.4. The van der Waals surface area contributed by atoms with Crippen molar-refractivity contribution in [1.29, 1.82) is 0 Å². The third kappa shape index (κ3) is 5.61. The topological polar surface area (TPSA) is 40.5 Å². The number of aliphatic carboxylic acids is 1. The smallest absolute Gasteiger partial charge is 0.304 e. The van der Waals surface area contributed by atoms with E-state index >= 15 is 0 Å². The largest absolute Gasteiger partial charge is 0.481 e. The van der Waals surface area contributed by atoms with Crippen LogP contribution in [0, 0.1) is 5.92 Å². The van der Waals surface area contributed by atoms with E-state index in [4.69, 9.17) is 5.11 Å². The molecule has 2 unspecified atom stereocenters. The molecule has 106 valence electrons. The lowest BCUT2D eigenvalue weighted by Crippen LogP contribution is -2.45. The molecule has 0 saturated carbocycles. The van der Waals surface area contributed by atoms with E-state index in [-0.39, 0.29) is 6.04 Å². The van der Waals surface area contributed by atoms with Crippen LogP contribution in [0.25, 0.3) is 0 Å². The van der Waals surface area contributed by atoms with E-state index in [0.717, 1.165) is 30.5 Å². The Balaban J connectivity index is 2.46. The minimum Gasteiger partial charge on any atom is -0.481 e. The summed E-state index contributed by atoms with van der Waals surface area (Å²) in [6.45, 7) is 6.64. The van der Waals surface area contributed by atoms with Crippen LogP contribution in [0.1, 0.15) is 46.0 Å². The van der Waals surface area contributed by atoms with Crippen molar-refractivity contribution in [3.8, 4) is 0 Å². The first kappa shape index (κ1) is 15.8. The molecule has 1 rings (SSSR count). The summed E-state index contributed by atoms with van der Waals surface area (Å²) in [5.41, 5.74) is 0. The average Bonchev–Trinajstić information content (AvgIpc) is 2.35. The van der Waals surface area contributed by atoms with Gasteiger partial charge in [-0.1, -0.05) is 33.1 Å². The minimum absolute atomic E-state index is 0.247. The Kier molecular flexibility index (Phi) is 7.75. The SMILES string of the molecule is CCCCC(CC)CN1CCSCC1CC(=O)O. The molecule has 3 nitrogen and oxygen atoms in total. The van der Waals surface area contributed by atoms with Crippen LogP contribution in [0.2, 0.25) is 0 Å². The molecule has 0 spiro atoms.